The molecule has 0 bridgehead atoms. The summed E-state index contributed by atoms with van der Waals surface area (Å²) >= 11 is 0. The molecule has 0 radical (unpaired) electrons. The largest absolute Gasteiger partial charge is 0.472 e. The molecular weight excluding hydrogens is 946 g/mol. The summed E-state index contributed by atoms with van der Waals surface area (Å²) in [5.74, 6) is -1.52. The predicted molar refractivity (Wildman–Crippen MR) is 270 cm³/mol. The first-order valence-electron chi connectivity index (χ1n) is 24.5. The van der Waals surface area contributed by atoms with E-state index in [4.69, 9.17) is 18.5 Å². The van der Waals surface area contributed by atoms with E-state index in [1.807, 2.05) is 12.2 Å². The van der Waals surface area contributed by atoms with Gasteiger partial charge in [-0.3, -0.25) is 23.2 Å². The fourth-order valence-corrected chi connectivity index (χ4v) is 8.15. The second-order valence-electron chi connectivity index (χ2n) is 16.6. The van der Waals surface area contributed by atoms with Crippen molar-refractivity contribution in [1.82, 2.24) is 0 Å². The van der Waals surface area contributed by atoms with E-state index >= 15 is 0 Å². The third-order valence-electron chi connectivity index (χ3n) is 10.4. The second kappa shape index (κ2) is 40.1. The highest BCUT2D eigenvalue weighted by molar-refractivity contribution is 7.47. The highest BCUT2D eigenvalue weighted by atomic mass is 31.2. The number of hydrogen-bond acceptors (Lipinski definition) is 14. The first-order chi connectivity index (χ1) is 33.5. The molecule has 1 aliphatic rings. The number of unbranched alkanes of at least 4 members (excludes halogenated alkanes) is 7. The van der Waals surface area contributed by atoms with Crippen molar-refractivity contribution in [2.24, 2.45) is 0 Å². The van der Waals surface area contributed by atoms with Crippen LogP contribution in [0.3, 0.4) is 0 Å². The molecule has 0 aliphatic heterocycles. The average molecular weight is 1030 g/mol. The van der Waals surface area contributed by atoms with Gasteiger partial charge in [-0.15, -0.1) is 0 Å². The SMILES string of the molecule is CC/C=C\C/C=C\C/C=C\C/C=C\C/C=C\C=C/C(O)CCC(=O)OC[C@H](COP(=O)(O)O[C@H]1C(O)C(O)C(O)[C@@H](OP(=O)(O)O)C1O)OC(=O)CCCCCC/C=C\C/C=C\C/C=C\CCCCC. The Kier molecular flexibility index (Phi) is 37.1. The van der Waals surface area contributed by atoms with Gasteiger partial charge in [-0.25, -0.2) is 9.13 Å². The summed E-state index contributed by atoms with van der Waals surface area (Å²) in [6, 6.07) is 0. The second-order valence-corrected chi connectivity index (χ2v) is 19.2. The van der Waals surface area contributed by atoms with Crippen molar-refractivity contribution in [3.8, 4) is 0 Å². The normalized spacial score (nSPS) is 22.4. The molecule has 0 spiro atoms. The van der Waals surface area contributed by atoms with E-state index < -0.39 is 89.6 Å². The molecule has 0 heterocycles. The van der Waals surface area contributed by atoms with Crippen LogP contribution in [0.15, 0.2) is 109 Å². The molecule has 9 atom stereocenters. The number of aliphatic hydroxyl groups is 5. The van der Waals surface area contributed by atoms with Gasteiger partial charge in [0.15, 0.2) is 6.10 Å². The molecule has 398 valence electrons. The Morgan fingerprint density at radius 3 is 1.59 bits per heavy atom. The first kappa shape index (κ1) is 64.6. The maximum atomic E-state index is 13.0. The Morgan fingerprint density at radius 2 is 1.04 bits per heavy atom. The highest BCUT2D eigenvalue weighted by Crippen LogP contribution is 2.49. The lowest BCUT2D eigenvalue weighted by atomic mass is 9.85. The van der Waals surface area contributed by atoms with Crippen LogP contribution in [-0.2, 0) is 41.8 Å². The molecule has 8 N–H and O–H groups in total. The van der Waals surface area contributed by atoms with Crippen molar-refractivity contribution in [3.63, 3.8) is 0 Å². The first-order valence-corrected chi connectivity index (χ1v) is 27.6. The summed E-state index contributed by atoms with van der Waals surface area (Å²) in [5.41, 5.74) is 0. The summed E-state index contributed by atoms with van der Waals surface area (Å²) in [4.78, 5) is 54.4. The van der Waals surface area contributed by atoms with E-state index in [1.165, 1.54) is 25.3 Å². The van der Waals surface area contributed by atoms with Crippen LogP contribution >= 0.6 is 15.6 Å². The van der Waals surface area contributed by atoms with E-state index in [9.17, 15) is 58.9 Å². The van der Waals surface area contributed by atoms with Crippen molar-refractivity contribution in [1.29, 1.82) is 0 Å². The number of phosphoric ester groups is 2. The Labute approximate surface area is 415 Å². The number of rotatable bonds is 39. The molecule has 0 aromatic carbocycles. The van der Waals surface area contributed by atoms with Gasteiger partial charge in [0.25, 0.3) is 0 Å². The maximum Gasteiger partial charge on any atom is 0.472 e. The Morgan fingerprint density at radius 1 is 0.543 bits per heavy atom. The van der Waals surface area contributed by atoms with E-state index in [2.05, 4.69) is 97.4 Å². The molecule has 6 unspecified atom stereocenters. The van der Waals surface area contributed by atoms with E-state index in [0.29, 0.717) is 19.3 Å². The quantitative estimate of drug-likeness (QED) is 0.00940. The van der Waals surface area contributed by atoms with Crippen LogP contribution in [0.5, 0.6) is 0 Å². The van der Waals surface area contributed by atoms with Crippen LogP contribution in [0.25, 0.3) is 0 Å². The number of aliphatic hydroxyl groups excluding tert-OH is 5. The van der Waals surface area contributed by atoms with Crippen LogP contribution in [0.2, 0.25) is 0 Å². The van der Waals surface area contributed by atoms with Crippen LogP contribution in [0.4, 0.5) is 0 Å². The smallest absolute Gasteiger partial charge is 0.462 e. The molecule has 19 heteroatoms. The minimum atomic E-state index is -5.40. The number of phosphoric acid groups is 2. The zero-order chi connectivity index (χ0) is 51.9. The van der Waals surface area contributed by atoms with Crippen LogP contribution < -0.4 is 0 Å². The Bertz CT molecular complexity index is 1780. The summed E-state index contributed by atoms with van der Waals surface area (Å²) in [5, 5.41) is 51.6. The van der Waals surface area contributed by atoms with Gasteiger partial charge in [0.1, 0.15) is 43.2 Å². The number of hydrogen-bond donors (Lipinski definition) is 8. The van der Waals surface area contributed by atoms with Crippen molar-refractivity contribution in [2.75, 3.05) is 13.2 Å². The summed E-state index contributed by atoms with van der Waals surface area (Å²) in [6.07, 6.45) is 35.0. The fourth-order valence-electron chi connectivity index (χ4n) is 6.61. The Balaban J connectivity index is 2.70. The maximum absolute atomic E-state index is 13.0. The van der Waals surface area contributed by atoms with Crippen LogP contribution in [-0.4, -0.2) is 114 Å². The monoisotopic (exact) mass is 1030 g/mol. The standard InChI is InChI=1S/C51H82O17P2/c1-3-5-7-9-11-13-15-17-19-21-23-25-27-29-31-33-35-37-45(54)66-43(41-65-70(62,63)68-51-48(57)46(55)47(56)50(49(51)58)67-69(59,60)61)40-64-44(53)39-38-42(52)36-34-32-30-28-26-24-22-20-18-16-14-12-10-8-6-4-2/h6,8,11-14,17-20,23-26,30,32,34,36,42-43,46-52,55-58H,3-5,7,9-10,15-16,21-22,27-29,31,33,35,37-41H2,1-2H3,(H,62,63)(H2,59,60,61)/b8-6-,13-11-,14-12-,19-17-,20-18-,25-23-,26-24-,32-30-,36-34-/t42?,43-,46?,47?,48?,49?,50-,51+/m1/s1. The van der Waals surface area contributed by atoms with Crippen molar-refractivity contribution in [3.05, 3.63) is 109 Å². The lowest BCUT2D eigenvalue weighted by molar-refractivity contribution is -0.216. The Hall–Kier alpha value is -3.38. The van der Waals surface area contributed by atoms with E-state index in [0.717, 1.165) is 64.2 Å². The van der Waals surface area contributed by atoms with Gasteiger partial charge in [-0.1, -0.05) is 149 Å². The highest BCUT2D eigenvalue weighted by Gasteiger charge is 2.54. The van der Waals surface area contributed by atoms with Gasteiger partial charge in [0, 0.05) is 12.8 Å². The van der Waals surface area contributed by atoms with Gasteiger partial charge in [0.05, 0.1) is 12.7 Å². The van der Waals surface area contributed by atoms with Gasteiger partial charge in [0.2, 0.25) is 0 Å². The van der Waals surface area contributed by atoms with Crippen molar-refractivity contribution >= 4 is 27.6 Å². The van der Waals surface area contributed by atoms with E-state index in [1.54, 1.807) is 12.2 Å². The molecule has 0 amide bonds. The van der Waals surface area contributed by atoms with E-state index in [-0.39, 0.29) is 19.3 Å². The third kappa shape index (κ3) is 34.1. The topological polar surface area (TPSA) is 276 Å². The molecule has 1 fully saturated rings. The number of carbonyl (C=O) groups excluding carboxylic acids is 2. The minimum absolute atomic E-state index is 0.00996. The lowest BCUT2D eigenvalue weighted by Crippen LogP contribution is -2.64. The number of esters is 2. The van der Waals surface area contributed by atoms with Gasteiger partial charge < -0.3 is 49.7 Å². The van der Waals surface area contributed by atoms with Gasteiger partial charge >= 0.3 is 27.6 Å². The molecule has 0 aromatic rings. The zero-order valence-corrected chi connectivity index (χ0v) is 42.8. The lowest BCUT2D eigenvalue weighted by Gasteiger charge is -2.43. The summed E-state index contributed by atoms with van der Waals surface area (Å²) in [7, 11) is -10.8. The molecule has 0 saturated heterocycles. The number of carbonyl (C=O) groups is 2. The summed E-state index contributed by atoms with van der Waals surface area (Å²) in [6.45, 7) is 2.73. The molecule has 1 saturated carbocycles. The average Bonchev–Trinajstić information content (AvgIpc) is 3.31. The predicted octanol–water partition coefficient (Wildman–Crippen LogP) is 8.70. The molecule has 1 rings (SSSR count). The van der Waals surface area contributed by atoms with Gasteiger partial charge in [-0.05, 0) is 83.5 Å². The van der Waals surface area contributed by atoms with Gasteiger partial charge in [-0.2, -0.15) is 0 Å². The zero-order valence-electron chi connectivity index (χ0n) is 41.0. The van der Waals surface area contributed by atoms with Crippen LogP contribution in [0.1, 0.15) is 136 Å². The summed E-state index contributed by atoms with van der Waals surface area (Å²) < 4.78 is 49.2. The third-order valence-corrected chi connectivity index (χ3v) is 12.0. The van der Waals surface area contributed by atoms with Crippen LogP contribution in [0, 0.1) is 0 Å². The number of allylic oxidation sites excluding steroid dienone is 17. The molecular formula is C51H82O17P2. The minimum Gasteiger partial charge on any atom is -0.462 e. The molecule has 0 aromatic heterocycles. The molecule has 17 nitrogen and oxygen atoms in total. The fraction of sp³-hybridized carbons (Fsp3) is 0.608. The molecule has 70 heavy (non-hydrogen) atoms. The molecule has 1 aliphatic carbocycles. The number of ether oxygens (including phenoxy) is 2. The van der Waals surface area contributed by atoms with Crippen molar-refractivity contribution in [2.45, 2.75) is 185 Å². The van der Waals surface area contributed by atoms with Crippen molar-refractivity contribution < 1.29 is 82.0 Å².